The average molecular weight is 451 g/mol. The molecule has 0 aliphatic rings. The maximum Gasteiger partial charge on any atom is 0.234 e. The first-order chi connectivity index (χ1) is 15.0. The molecule has 1 N–H and O–H groups in total. The Labute approximate surface area is 191 Å². The van der Waals surface area contributed by atoms with Gasteiger partial charge in [0.15, 0.2) is 5.58 Å². The van der Waals surface area contributed by atoms with Crippen LogP contribution in [0.5, 0.6) is 0 Å². The Kier molecular flexibility index (Phi) is 6.64. The highest BCUT2D eigenvalue weighted by molar-refractivity contribution is 8.00. The minimum absolute atomic E-state index is 0.0628. The highest BCUT2D eigenvalue weighted by Gasteiger charge is 2.11. The molecule has 0 bridgehead atoms. The molecule has 4 aromatic rings. The third-order valence-corrected chi connectivity index (χ3v) is 6.46. The summed E-state index contributed by atoms with van der Waals surface area (Å²) in [5, 5.41) is 3.60. The van der Waals surface area contributed by atoms with Crippen LogP contribution in [0.2, 0.25) is 5.02 Å². The summed E-state index contributed by atoms with van der Waals surface area (Å²) < 4.78 is 5.93. The molecule has 4 nitrogen and oxygen atoms in total. The number of fused-ring (bicyclic) bond motifs is 1. The van der Waals surface area contributed by atoms with Gasteiger partial charge in [-0.05, 0) is 78.6 Å². The molecule has 0 aliphatic carbocycles. The minimum atomic E-state index is -0.0628. The number of nitrogens with one attached hydrogen (secondary N) is 1. The van der Waals surface area contributed by atoms with Gasteiger partial charge >= 0.3 is 0 Å². The number of nitrogens with zero attached hydrogens (tertiary/aromatic N) is 1. The molecule has 1 amide bonds. The summed E-state index contributed by atoms with van der Waals surface area (Å²) >= 11 is 7.36. The largest absolute Gasteiger partial charge is 0.436 e. The van der Waals surface area contributed by atoms with Gasteiger partial charge in [-0.1, -0.05) is 31.5 Å². The Balaban J connectivity index is 1.40. The monoisotopic (exact) mass is 450 g/mol. The van der Waals surface area contributed by atoms with Crippen LogP contribution in [0.4, 0.5) is 5.69 Å². The Hall–Kier alpha value is -2.76. The fraction of sp³-hybridized carbons (Fsp3) is 0.200. The zero-order valence-corrected chi connectivity index (χ0v) is 19.0. The molecular formula is C25H23ClN2O2S. The number of oxazole rings is 1. The highest BCUT2D eigenvalue weighted by atomic mass is 35.5. The van der Waals surface area contributed by atoms with Gasteiger partial charge in [0, 0.05) is 21.2 Å². The molecule has 0 unspecified atom stereocenters. The van der Waals surface area contributed by atoms with E-state index in [1.165, 1.54) is 17.3 Å². The maximum atomic E-state index is 12.2. The topological polar surface area (TPSA) is 55.1 Å². The van der Waals surface area contributed by atoms with Gasteiger partial charge in [0.05, 0.1) is 5.75 Å². The van der Waals surface area contributed by atoms with Crippen LogP contribution in [-0.4, -0.2) is 16.6 Å². The second kappa shape index (κ2) is 9.58. The van der Waals surface area contributed by atoms with Crippen molar-refractivity contribution < 1.29 is 9.21 Å². The number of benzene rings is 3. The van der Waals surface area contributed by atoms with E-state index in [2.05, 4.69) is 36.3 Å². The average Bonchev–Trinajstić information content (AvgIpc) is 3.22. The number of thioether (sulfide) groups is 1. The molecule has 1 heterocycles. The normalized spacial score (nSPS) is 12.1. The van der Waals surface area contributed by atoms with Crippen molar-refractivity contribution in [1.29, 1.82) is 0 Å². The molecule has 1 aromatic heterocycles. The smallest absolute Gasteiger partial charge is 0.234 e. The third-order valence-electron chi connectivity index (χ3n) is 5.19. The van der Waals surface area contributed by atoms with E-state index in [9.17, 15) is 4.79 Å². The summed E-state index contributed by atoms with van der Waals surface area (Å²) in [5.41, 5.74) is 4.52. The van der Waals surface area contributed by atoms with E-state index in [1.807, 2.05) is 54.6 Å². The lowest BCUT2D eigenvalue weighted by Crippen LogP contribution is -2.13. The fourth-order valence-corrected chi connectivity index (χ4v) is 4.01. The molecule has 1 atom stereocenters. The molecule has 31 heavy (non-hydrogen) atoms. The Morgan fingerprint density at radius 2 is 1.84 bits per heavy atom. The minimum Gasteiger partial charge on any atom is -0.436 e. The van der Waals surface area contributed by atoms with Gasteiger partial charge in [0.2, 0.25) is 11.8 Å². The van der Waals surface area contributed by atoms with Gasteiger partial charge in [0.25, 0.3) is 0 Å². The first kappa shape index (κ1) is 21.5. The molecule has 0 aliphatic heterocycles. The quantitative estimate of drug-likeness (QED) is 0.298. The SMILES string of the molecule is CC[C@@H](C)c1ccc2oc(-c3ccc(NC(=O)CSc4ccc(Cl)cc4)cc3)nc2c1. The predicted octanol–water partition coefficient (Wildman–Crippen LogP) is 7.39. The predicted molar refractivity (Wildman–Crippen MR) is 129 cm³/mol. The Bertz CT molecular complexity index is 1190. The lowest BCUT2D eigenvalue weighted by Gasteiger charge is -2.07. The molecule has 0 fully saturated rings. The van der Waals surface area contributed by atoms with Crippen LogP contribution in [0.3, 0.4) is 0 Å². The standard InChI is InChI=1S/C25H23ClN2O2S/c1-3-16(2)18-6-13-23-22(14-18)28-25(30-23)17-4-9-20(10-5-17)27-24(29)15-31-21-11-7-19(26)8-12-21/h4-14,16H,3,15H2,1-2H3,(H,27,29)/t16-/m1/s1. The summed E-state index contributed by atoms with van der Waals surface area (Å²) in [4.78, 5) is 17.9. The summed E-state index contributed by atoms with van der Waals surface area (Å²) in [6.07, 6.45) is 1.08. The van der Waals surface area contributed by atoms with Gasteiger partial charge in [-0.3, -0.25) is 4.79 Å². The van der Waals surface area contributed by atoms with Gasteiger partial charge in [-0.2, -0.15) is 0 Å². The second-order valence-corrected chi connectivity index (χ2v) is 8.91. The fourth-order valence-electron chi connectivity index (χ4n) is 3.18. The van der Waals surface area contributed by atoms with E-state index in [-0.39, 0.29) is 5.91 Å². The van der Waals surface area contributed by atoms with Crippen LogP contribution >= 0.6 is 23.4 Å². The first-order valence-corrected chi connectivity index (χ1v) is 11.6. The molecule has 6 heteroatoms. The molecule has 3 aromatic carbocycles. The van der Waals surface area contributed by atoms with Gasteiger partial charge in [0.1, 0.15) is 5.52 Å². The molecule has 0 radical (unpaired) electrons. The van der Waals surface area contributed by atoms with E-state index < -0.39 is 0 Å². The van der Waals surface area contributed by atoms with Crippen molar-refractivity contribution in [2.75, 3.05) is 11.1 Å². The summed E-state index contributed by atoms with van der Waals surface area (Å²) in [5.74, 6) is 1.33. The summed E-state index contributed by atoms with van der Waals surface area (Å²) in [6, 6.07) is 21.2. The van der Waals surface area contributed by atoms with E-state index in [0.717, 1.165) is 33.7 Å². The van der Waals surface area contributed by atoms with Crippen LogP contribution < -0.4 is 5.32 Å². The molecule has 0 saturated heterocycles. The van der Waals surface area contributed by atoms with Crippen molar-refractivity contribution in [3.63, 3.8) is 0 Å². The second-order valence-electron chi connectivity index (χ2n) is 7.42. The Morgan fingerprint density at radius 1 is 1.10 bits per heavy atom. The number of anilines is 1. The van der Waals surface area contributed by atoms with E-state index in [0.29, 0.717) is 22.6 Å². The van der Waals surface area contributed by atoms with E-state index >= 15 is 0 Å². The lowest BCUT2D eigenvalue weighted by molar-refractivity contribution is -0.113. The number of carbonyl (C=O) groups is 1. The summed E-state index contributed by atoms with van der Waals surface area (Å²) in [6.45, 7) is 4.39. The third kappa shape index (κ3) is 5.30. The summed E-state index contributed by atoms with van der Waals surface area (Å²) in [7, 11) is 0. The van der Waals surface area contributed by atoms with Gasteiger partial charge in [-0.25, -0.2) is 4.98 Å². The van der Waals surface area contributed by atoms with E-state index in [4.69, 9.17) is 16.0 Å². The van der Waals surface area contributed by atoms with Gasteiger partial charge in [-0.15, -0.1) is 11.8 Å². The van der Waals surface area contributed by atoms with Crippen molar-refractivity contribution >= 4 is 46.1 Å². The van der Waals surface area contributed by atoms with Crippen molar-refractivity contribution in [1.82, 2.24) is 4.98 Å². The number of carbonyl (C=O) groups excluding carboxylic acids is 1. The van der Waals surface area contributed by atoms with Crippen LogP contribution in [0.15, 0.2) is 76.0 Å². The number of amides is 1. The van der Waals surface area contributed by atoms with E-state index in [1.54, 1.807) is 0 Å². The van der Waals surface area contributed by atoms with Gasteiger partial charge < -0.3 is 9.73 Å². The zero-order valence-electron chi connectivity index (χ0n) is 17.4. The number of aromatic nitrogens is 1. The molecule has 4 rings (SSSR count). The van der Waals surface area contributed by atoms with Crippen molar-refractivity contribution in [2.24, 2.45) is 0 Å². The number of hydrogen-bond donors (Lipinski definition) is 1. The number of hydrogen-bond acceptors (Lipinski definition) is 4. The molecular weight excluding hydrogens is 428 g/mol. The van der Waals surface area contributed by atoms with Crippen LogP contribution in [-0.2, 0) is 4.79 Å². The zero-order chi connectivity index (χ0) is 21.8. The molecule has 158 valence electrons. The first-order valence-electron chi connectivity index (χ1n) is 10.2. The maximum absolute atomic E-state index is 12.2. The van der Waals surface area contributed by atoms with Crippen molar-refractivity contribution in [2.45, 2.75) is 31.1 Å². The van der Waals surface area contributed by atoms with Crippen LogP contribution in [0.25, 0.3) is 22.6 Å². The lowest BCUT2D eigenvalue weighted by atomic mass is 9.98. The van der Waals surface area contributed by atoms with Crippen molar-refractivity contribution in [3.8, 4) is 11.5 Å². The number of halogens is 1. The van der Waals surface area contributed by atoms with Crippen LogP contribution in [0, 0.1) is 0 Å². The van der Waals surface area contributed by atoms with Crippen LogP contribution in [0.1, 0.15) is 31.7 Å². The molecule has 0 spiro atoms. The highest BCUT2D eigenvalue weighted by Crippen LogP contribution is 2.28. The Morgan fingerprint density at radius 3 is 2.55 bits per heavy atom. The number of rotatable bonds is 7. The van der Waals surface area contributed by atoms with Crippen molar-refractivity contribution in [3.05, 3.63) is 77.3 Å². The molecule has 0 saturated carbocycles.